The van der Waals surface area contributed by atoms with Crippen molar-refractivity contribution in [3.05, 3.63) is 24.3 Å². The molecule has 0 saturated carbocycles. The van der Waals surface area contributed by atoms with E-state index in [1.165, 1.54) is 0 Å². The molecule has 1 aromatic carbocycles. The van der Waals surface area contributed by atoms with Gasteiger partial charge < -0.3 is 19.1 Å². The predicted molar refractivity (Wildman–Crippen MR) is 89.0 cm³/mol. The molecule has 1 fully saturated rings. The highest BCUT2D eigenvalue weighted by Gasteiger charge is 2.30. The van der Waals surface area contributed by atoms with E-state index in [0.29, 0.717) is 44.0 Å². The molecule has 2 rings (SSSR count). The molecule has 0 aliphatic carbocycles. The third-order valence-electron chi connectivity index (χ3n) is 4.15. The van der Waals surface area contributed by atoms with Crippen LogP contribution < -0.4 is 9.47 Å². The molecule has 1 amide bonds. The summed E-state index contributed by atoms with van der Waals surface area (Å²) in [4.78, 5) is 26.1. The van der Waals surface area contributed by atoms with E-state index in [2.05, 4.69) is 0 Å². The number of hydrogen-bond donors (Lipinski definition) is 0. The lowest BCUT2D eigenvalue weighted by molar-refractivity contribution is -0.152. The Hall–Kier alpha value is -2.24. The summed E-state index contributed by atoms with van der Waals surface area (Å²) < 4.78 is 16.0. The number of amides is 1. The van der Waals surface area contributed by atoms with Gasteiger partial charge in [0, 0.05) is 13.1 Å². The molecule has 0 unspecified atom stereocenters. The number of hydrogen-bond acceptors (Lipinski definition) is 5. The maximum atomic E-state index is 12.5. The second-order valence-electron chi connectivity index (χ2n) is 5.76. The summed E-state index contributed by atoms with van der Waals surface area (Å²) in [5, 5.41) is 0. The zero-order valence-corrected chi connectivity index (χ0v) is 14.5. The van der Waals surface area contributed by atoms with E-state index < -0.39 is 6.10 Å². The van der Waals surface area contributed by atoms with Crippen LogP contribution in [-0.4, -0.2) is 49.7 Å². The van der Waals surface area contributed by atoms with Crippen LogP contribution in [0.5, 0.6) is 11.5 Å². The quantitative estimate of drug-likeness (QED) is 0.746. The second kappa shape index (κ2) is 8.57. The molecule has 0 aromatic heterocycles. The third kappa shape index (κ3) is 4.40. The average molecular weight is 335 g/mol. The number of esters is 1. The second-order valence-corrected chi connectivity index (χ2v) is 5.76. The average Bonchev–Trinajstić information content (AvgIpc) is 2.61. The number of benzene rings is 1. The molecular formula is C18H25NO5. The van der Waals surface area contributed by atoms with E-state index in [1.807, 2.05) is 12.1 Å². The number of rotatable bonds is 6. The molecule has 0 N–H and O–H groups in total. The van der Waals surface area contributed by atoms with Crippen molar-refractivity contribution in [2.24, 2.45) is 5.92 Å². The van der Waals surface area contributed by atoms with Crippen molar-refractivity contribution in [2.45, 2.75) is 32.8 Å². The SMILES string of the molecule is CCOC(=O)C1CCN(C(=O)[C@H](C)Oc2ccccc2OC)CC1. The van der Waals surface area contributed by atoms with Crippen molar-refractivity contribution in [2.75, 3.05) is 26.8 Å². The first-order valence-corrected chi connectivity index (χ1v) is 8.31. The number of nitrogens with zero attached hydrogens (tertiary/aromatic N) is 1. The standard InChI is InChI=1S/C18H25NO5/c1-4-23-18(21)14-9-11-19(12-10-14)17(20)13(2)24-16-8-6-5-7-15(16)22-3/h5-8,13-14H,4,9-12H2,1-3H3/t13-/m0/s1. The Balaban J connectivity index is 1.89. The summed E-state index contributed by atoms with van der Waals surface area (Å²) in [6.45, 7) is 5.01. The zero-order valence-electron chi connectivity index (χ0n) is 14.5. The van der Waals surface area contributed by atoms with Gasteiger partial charge in [0.2, 0.25) is 0 Å². The predicted octanol–water partition coefficient (Wildman–Crippen LogP) is 2.26. The molecule has 1 heterocycles. The summed E-state index contributed by atoms with van der Waals surface area (Å²) in [6, 6.07) is 7.24. The fourth-order valence-corrected chi connectivity index (χ4v) is 2.81. The minimum atomic E-state index is -0.611. The first-order valence-electron chi connectivity index (χ1n) is 8.31. The van der Waals surface area contributed by atoms with E-state index >= 15 is 0 Å². The van der Waals surface area contributed by atoms with Crippen molar-refractivity contribution in [1.82, 2.24) is 4.90 Å². The van der Waals surface area contributed by atoms with E-state index in [4.69, 9.17) is 14.2 Å². The maximum absolute atomic E-state index is 12.5. The van der Waals surface area contributed by atoms with Gasteiger partial charge in [-0.25, -0.2) is 0 Å². The Kier molecular flexibility index (Phi) is 6.46. The van der Waals surface area contributed by atoms with E-state index in [1.54, 1.807) is 38.0 Å². The summed E-state index contributed by atoms with van der Waals surface area (Å²) in [5.74, 6) is 0.783. The van der Waals surface area contributed by atoms with Crippen molar-refractivity contribution in [1.29, 1.82) is 0 Å². The lowest BCUT2D eigenvalue weighted by atomic mass is 9.97. The van der Waals surface area contributed by atoms with Crippen LogP contribution in [0.1, 0.15) is 26.7 Å². The van der Waals surface area contributed by atoms with E-state index in [0.717, 1.165) is 0 Å². The van der Waals surface area contributed by atoms with Crippen LogP contribution in [0, 0.1) is 5.92 Å². The van der Waals surface area contributed by atoms with Crippen LogP contribution >= 0.6 is 0 Å². The molecule has 24 heavy (non-hydrogen) atoms. The molecule has 1 atom stereocenters. The van der Waals surface area contributed by atoms with Gasteiger partial charge in [0.05, 0.1) is 19.6 Å². The van der Waals surface area contributed by atoms with E-state index in [9.17, 15) is 9.59 Å². The van der Waals surface area contributed by atoms with Gasteiger partial charge in [0.15, 0.2) is 17.6 Å². The van der Waals surface area contributed by atoms with Crippen LogP contribution in [0.4, 0.5) is 0 Å². The molecule has 0 spiro atoms. The molecule has 6 heteroatoms. The maximum Gasteiger partial charge on any atom is 0.309 e. The fourth-order valence-electron chi connectivity index (χ4n) is 2.81. The Morgan fingerprint density at radius 2 is 1.83 bits per heavy atom. The van der Waals surface area contributed by atoms with Crippen molar-refractivity contribution >= 4 is 11.9 Å². The number of para-hydroxylation sites is 2. The van der Waals surface area contributed by atoms with Crippen LogP contribution in [0.3, 0.4) is 0 Å². The molecule has 1 aliphatic heterocycles. The minimum absolute atomic E-state index is 0.0804. The smallest absolute Gasteiger partial charge is 0.309 e. The van der Waals surface area contributed by atoms with Crippen LogP contribution in [0.2, 0.25) is 0 Å². The van der Waals surface area contributed by atoms with Crippen molar-refractivity contribution in [3.8, 4) is 11.5 Å². The van der Waals surface area contributed by atoms with Gasteiger partial charge in [0.1, 0.15) is 0 Å². The monoisotopic (exact) mass is 335 g/mol. The van der Waals surface area contributed by atoms with E-state index in [-0.39, 0.29) is 17.8 Å². The third-order valence-corrected chi connectivity index (χ3v) is 4.15. The highest BCUT2D eigenvalue weighted by atomic mass is 16.5. The largest absolute Gasteiger partial charge is 0.493 e. The van der Waals surface area contributed by atoms with Gasteiger partial charge in [-0.3, -0.25) is 9.59 Å². The van der Waals surface area contributed by atoms with Crippen LogP contribution in [0.25, 0.3) is 0 Å². The Bertz CT molecular complexity index is 566. The number of methoxy groups -OCH3 is 1. The zero-order chi connectivity index (χ0) is 17.5. The number of likely N-dealkylation sites (tertiary alicyclic amines) is 1. The molecular weight excluding hydrogens is 310 g/mol. The van der Waals surface area contributed by atoms with Gasteiger partial charge >= 0.3 is 5.97 Å². The van der Waals surface area contributed by atoms with Crippen LogP contribution in [-0.2, 0) is 14.3 Å². The molecule has 1 saturated heterocycles. The highest BCUT2D eigenvalue weighted by molar-refractivity contribution is 5.81. The van der Waals surface area contributed by atoms with Gasteiger partial charge in [-0.1, -0.05) is 12.1 Å². The van der Waals surface area contributed by atoms with Gasteiger partial charge in [0.25, 0.3) is 5.91 Å². The first-order chi connectivity index (χ1) is 11.6. The van der Waals surface area contributed by atoms with Gasteiger partial charge in [-0.05, 0) is 38.8 Å². The summed E-state index contributed by atoms with van der Waals surface area (Å²) in [5.41, 5.74) is 0. The highest BCUT2D eigenvalue weighted by Crippen LogP contribution is 2.27. The molecule has 6 nitrogen and oxygen atoms in total. The molecule has 0 bridgehead atoms. The van der Waals surface area contributed by atoms with Crippen molar-refractivity contribution < 1.29 is 23.8 Å². The number of ether oxygens (including phenoxy) is 3. The Morgan fingerprint density at radius 3 is 2.42 bits per heavy atom. The lowest BCUT2D eigenvalue weighted by Gasteiger charge is -2.32. The van der Waals surface area contributed by atoms with Gasteiger partial charge in [-0.2, -0.15) is 0 Å². The fraction of sp³-hybridized carbons (Fsp3) is 0.556. The number of piperidine rings is 1. The van der Waals surface area contributed by atoms with Crippen LogP contribution in [0.15, 0.2) is 24.3 Å². The minimum Gasteiger partial charge on any atom is -0.493 e. The molecule has 1 aromatic rings. The normalized spacial score (nSPS) is 16.4. The summed E-state index contributed by atoms with van der Waals surface area (Å²) in [6.07, 6.45) is 0.651. The lowest BCUT2D eigenvalue weighted by Crippen LogP contribution is -2.46. The number of carbonyl (C=O) groups excluding carboxylic acids is 2. The Morgan fingerprint density at radius 1 is 1.21 bits per heavy atom. The molecule has 1 aliphatic rings. The topological polar surface area (TPSA) is 65.1 Å². The molecule has 0 radical (unpaired) electrons. The number of carbonyl (C=O) groups is 2. The van der Waals surface area contributed by atoms with Crippen molar-refractivity contribution in [3.63, 3.8) is 0 Å². The summed E-state index contributed by atoms with van der Waals surface area (Å²) in [7, 11) is 1.56. The van der Waals surface area contributed by atoms with Gasteiger partial charge in [-0.15, -0.1) is 0 Å². The Labute approximate surface area is 142 Å². The summed E-state index contributed by atoms with van der Waals surface area (Å²) >= 11 is 0. The molecule has 132 valence electrons. The first kappa shape index (κ1) is 18.1.